The topological polar surface area (TPSA) is 73.1 Å². The van der Waals surface area contributed by atoms with Crippen molar-refractivity contribution >= 4 is 15.7 Å². The van der Waals surface area contributed by atoms with Crippen molar-refractivity contribution in [1.82, 2.24) is 9.36 Å². The summed E-state index contributed by atoms with van der Waals surface area (Å²) in [6.45, 7) is 3.58. The highest BCUT2D eigenvalue weighted by Gasteiger charge is 2.23. The molecule has 3 aromatic rings. The van der Waals surface area contributed by atoms with Crippen molar-refractivity contribution < 1.29 is 8.42 Å². The van der Waals surface area contributed by atoms with Crippen LogP contribution in [0.2, 0.25) is 0 Å². The minimum atomic E-state index is -3.69. The number of benzene rings is 2. The molecule has 142 valence electrons. The maximum absolute atomic E-state index is 12.9. The van der Waals surface area contributed by atoms with Gasteiger partial charge in [0.1, 0.15) is 5.69 Å². The second kappa shape index (κ2) is 7.44. The fraction of sp³-hybridized carbons (Fsp3) is 0.250. The van der Waals surface area contributed by atoms with Gasteiger partial charge in [0.15, 0.2) is 0 Å². The molecule has 1 N–H and O–H groups in total. The van der Waals surface area contributed by atoms with Gasteiger partial charge in [-0.15, -0.1) is 0 Å². The highest BCUT2D eigenvalue weighted by Crippen LogP contribution is 2.20. The summed E-state index contributed by atoms with van der Waals surface area (Å²) < 4.78 is 31.0. The summed E-state index contributed by atoms with van der Waals surface area (Å²) in [7, 11) is -1.96. The van der Waals surface area contributed by atoms with Gasteiger partial charge in [-0.2, -0.15) is 0 Å². The molecule has 1 atom stereocenters. The molecule has 0 aliphatic carbocycles. The van der Waals surface area contributed by atoms with Crippen LogP contribution in [0.15, 0.2) is 65.5 Å². The SMILES string of the molecule is Cc1c(NS(=O)(=O)CC(C)c2ccccc2)c(=O)n(-c2ccccc2)n1C. The van der Waals surface area contributed by atoms with E-state index >= 15 is 0 Å². The average molecular weight is 385 g/mol. The van der Waals surface area contributed by atoms with Crippen molar-refractivity contribution in [3.8, 4) is 5.69 Å². The second-order valence-electron chi connectivity index (χ2n) is 6.63. The van der Waals surface area contributed by atoms with Crippen LogP contribution in [0.1, 0.15) is 24.1 Å². The van der Waals surface area contributed by atoms with E-state index in [0.717, 1.165) is 5.56 Å². The fourth-order valence-electron chi connectivity index (χ4n) is 3.09. The van der Waals surface area contributed by atoms with E-state index in [9.17, 15) is 13.2 Å². The number of anilines is 1. The third kappa shape index (κ3) is 3.98. The predicted octanol–water partition coefficient (Wildman–Crippen LogP) is 3.03. The Bertz CT molecular complexity index is 1080. The smallest absolute Gasteiger partial charge is 0.283 e. The van der Waals surface area contributed by atoms with Crippen molar-refractivity contribution in [1.29, 1.82) is 0 Å². The molecule has 0 fully saturated rings. The zero-order valence-electron chi connectivity index (χ0n) is 15.6. The maximum atomic E-state index is 12.9. The fourth-order valence-corrected chi connectivity index (χ4v) is 4.57. The molecule has 1 aromatic heterocycles. The van der Waals surface area contributed by atoms with Crippen molar-refractivity contribution in [3.05, 3.63) is 82.3 Å². The third-order valence-corrected chi connectivity index (χ3v) is 6.10. The average Bonchev–Trinajstić information content (AvgIpc) is 2.86. The molecule has 0 bridgehead atoms. The first-order valence-corrected chi connectivity index (χ1v) is 10.3. The van der Waals surface area contributed by atoms with Crippen LogP contribution < -0.4 is 10.3 Å². The van der Waals surface area contributed by atoms with Crippen LogP contribution in [0.5, 0.6) is 0 Å². The molecule has 3 rings (SSSR count). The molecule has 0 spiro atoms. The molecule has 0 aliphatic rings. The first-order valence-electron chi connectivity index (χ1n) is 8.69. The quantitative estimate of drug-likeness (QED) is 0.709. The lowest BCUT2D eigenvalue weighted by Gasteiger charge is -2.13. The minimum absolute atomic E-state index is 0.0848. The van der Waals surface area contributed by atoms with Crippen LogP contribution in [0.25, 0.3) is 5.69 Å². The number of nitrogens with zero attached hydrogens (tertiary/aromatic N) is 2. The number of hydrogen-bond acceptors (Lipinski definition) is 3. The lowest BCUT2D eigenvalue weighted by Crippen LogP contribution is -2.25. The van der Waals surface area contributed by atoms with E-state index in [1.165, 1.54) is 4.68 Å². The number of rotatable bonds is 6. The first kappa shape index (κ1) is 19.0. The van der Waals surface area contributed by atoms with E-state index in [2.05, 4.69) is 4.72 Å². The molecule has 2 aromatic carbocycles. The van der Waals surface area contributed by atoms with Gasteiger partial charge in [0.2, 0.25) is 10.0 Å². The van der Waals surface area contributed by atoms with E-state index in [-0.39, 0.29) is 17.4 Å². The summed E-state index contributed by atoms with van der Waals surface area (Å²) in [6, 6.07) is 18.6. The lowest BCUT2D eigenvalue weighted by atomic mass is 10.0. The van der Waals surface area contributed by atoms with Crippen LogP contribution in [0.4, 0.5) is 5.69 Å². The molecular weight excluding hydrogens is 362 g/mol. The van der Waals surface area contributed by atoms with Crippen molar-refractivity contribution in [2.24, 2.45) is 7.05 Å². The van der Waals surface area contributed by atoms with Gasteiger partial charge in [-0.3, -0.25) is 14.2 Å². The van der Waals surface area contributed by atoms with Gasteiger partial charge in [-0.05, 0) is 30.5 Å². The van der Waals surface area contributed by atoms with Crippen LogP contribution in [0.3, 0.4) is 0 Å². The molecule has 0 saturated carbocycles. The summed E-state index contributed by atoms with van der Waals surface area (Å²) in [6.07, 6.45) is 0. The summed E-state index contributed by atoms with van der Waals surface area (Å²) in [5.41, 5.74) is 1.86. The standard InChI is InChI=1S/C20H23N3O3S/c1-15(17-10-6-4-7-11-17)14-27(25,26)21-19-16(2)22(3)23(20(19)24)18-12-8-5-9-13-18/h4-13,15,21H,14H2,1-3H3. The Balaban J connectivity index is 1.90. The van der Waals surface area contributed by atoms with Crippen LogP contribution in [-0.4, -0.2) is 23.5 Å². The molecule has 27 heavy (non-hydrogen) atoms. The number of nitrogens with one attached hydrogen (secondary N) is 1. The van der Waals surface area contributed by atoms with Gasteiger partial charge < -0.3 is 0 Å². The van der Waals surface area contributed by atoms with E-state index < -0.39 is 15.6 Å². The normalized spacial score (nSPS) is 12.7. The Labute approximate surface area is 159 Å². The number of para-hydroxylation sites is 1. The summed E-state index contributed by atoms with van der Waals surface area (Å²) in [5.74, 6) is -0.292. The van der Waals surface area contributed by atoms with Gasteiger partial charge in [0, 0.05) is 7.05 Å². The molecule has 1 heterocycles. The lowest BCUT2D eigenvalue weighted by molar-refractivity contribution is 0.595. The monoisotopic (exact) mass is 385 g/mol. The summed E-state index contributed by atoms with van der Waals surface area (Å²) in [5, 5.41) is 0. The van der Waals surface area contributed by atoms with Crippen molar-refractivity contribution in [2.45, 2.75) is 19.8 Å². The summed E-state index contributed by atoms with van der Waals surface area (Å²) >= 11 is 0. The molecule has 0 radical (unpaired) electrons. The molecule has 0 aliphatic heterocycles. The predicted molar refractivity (Wildman–Crippen MR) is 108 cm³/mol. The number of hydrogen-bond donors (Lipinski definition) is 1. The third-order valence-electron chi connectivity index (χ3n) is 4.65. The highest BCUT2D eigenvalue weighted by atomic mass is 32.2. The van der Waals surface area contributed by atoms with Crippen LogP contribution >= 0.6 is 0 Å². The minimum Gasteiger partial charge on any atom is -0.283 e. The molecule has 0 amide bonds. The van der Waals surface area contributed by atoms with Gasteiger partial charge in [0.05, 0.1) is 17.1 Å². The number of aromatic nitrogens is 2. The molecular formula is C20H23N3O3S. The van der Waals surface area contributed by atoms with Gasteiger partial charge in [0.25, 0.3) is 5.56 Å². The molecule has 7 heteroatoms. The van der Waals surface area contributed by atoms with Crippen molar-refractivity contribution in [2.75, 3.05) is 10.5 Å². The first-order chi connectivity index (χ1) is 12.8. The van der Waals surface area contributed by atoms with Crippen LogP contribution in [-0.2, 0) is 17.1 Å². The largest absolute Gasteiger partial charge is 0.296 e. The Morgan fingerprint density at radius 1 is 1.00 bits per heavy atom. The molecule has 1 unspecified atom stereocenters. The van der Waals surface area contributed by atoms with E-state index in [1.807, 2.05) is 55.5 Å². The Hall–Kier alpha value is -2.80. The Morgan fingerprint density at radius 3 is 2.15 bits per heavy atom. The van der Waals surface area contributed by atoms with Crippen LogP contribution in [0, 0.1) is 6.92 Å². The van der Waals surface area contributed by atoms with E-state index in [1.54, 1.807) is 30.8 Å². The Morgan fingerprint density at radius 2 is 1.56 bits per heavy atom. The van der Waals surface area contributed by atoms with E-state index in [0.29, 0.717) is 11.4 Å². The second-order valence-corrected chi connectivity index (χ2v) is 8.40. The Kier molecular flexibility index (Phi) is 5.23. The molecule has 6 nitrogen and oxygen atoms in total. The van der Waals surface area contributed by atoms with Gasteiger partial charge in [-0.25, -0.2) is 13.1 Å². The number of sulfonamides is 1. The molecule has 0 saturated heterocycles. The maximum Gasteiger partial charge on any atom is 0.296 e. The highest BCUT2D eigenvalue weighted by molar-refractivity contribution is 7.92. The van der Waals surface area contributed by atoms with Gasteiger partial charge >= 0.3 is 0 Å². The van der Waals surface area contributed by atoms with E-state index in [4.69, 9.17) is 0 Å². The summed E-state index contributed by atoms with van der Waals surface area (Å²) in [4.78, 5) is 12.9. The zero-order valence-corrected chi connectivity index (χ0v) is 16.4. The van der Waals surface area contributed by atoms with Crippen molar-refractivity contribution in [3.63, 3.8) is 0 Å². The van der Waals surface area contributed by atoms with Gasteiger partial charge in [-0.1, -0.05) is 55.5 Å². The zero-order chi connectivity index (χ0) is 19.6.